The van der Waals surface area contributed by atoms with Gasteiger partial charge in [-0.1, -0.05) is 20.8 Å². The molecule has 0 aliphatic carbocycles. The van der Waals surface area contributed by atoms with Gasteiger partial charge in [-0.05, 0) is 46.1 Å². The molecular weight excluding hydrogens is 186 g/mol. The summed E-state index contributed by atoms with van der Waals surface area (Å²) in [6.45, 7) is 14.1. The van der Waals surface area contributed by atoms with Crippen molar-refractivity contribution < 1.29 is 4.74 Å². The van der Waals surface area contributed by atoms with E-state index in [0.29, 0.717) is 11.5 Å². The largest absolute Gasteiger partial charge is 0.371 e. The highest BCUT2D eigenvalue weighted by Crippen LogP contribution is 2.24. The van der Waals surface area contributed by atoms with Crippen LogP contribution >= 0.6 is 0 Å². The Morgan fingerprint density at radius 1 is 1.07 bits per heavy atom. The lowest BCUT2D eigenvalue weighted by Crippen LogP contribution is -2.34. The molecule has 2 nitrogen and oxygen atoms in total. The second-order valence-corrected chi connectivity index (χ2v) is 6.51. The lowest BCUT2D eigenvalue weighted by molar-refractivity contribution is -0.0643. The molecule has 0 aliphatic heterocycles. The van der Waals surface area contributed by atoms with E-state index >= 15 is 0 Å². The fourth-order valence-corrected chi connectivity index (χ4v) is 1.52. The summed E-state index contributed by atoms with van der Waals surface area (Å²) in [6.07, 6.45) is 2.66. The van der Waals surface area contributed by atoms with Crippen molar-refractivity contribution in [1.82, 2.24) is 5.32 Å². The third kappa shape index (κ3) is 10.2. The van der Waals surface area contributed by atoms with Crippen molar-refractivity contribution in [3.8, 4) is 0 Å². The predicted molar refractivity (Wildman–Crippen MR) is 67.2 cm³/mol. The maximum absolute atomic E-state index is 6.01. The molecule has 2 heteroatoms. The minimum absolute atomic E-state index is 0.0423. The first-order valence-corrected chi connectivity index (χ1v) is 5.96. The molecule has 1 atom stereocenters. The molecule has 0 aliphatic rings. The second-order valence-electron chi connectivity index (χ2n) is 6.51. The van der Waals surface area contributed by atoms with Crippen molar-refractivity contribution in [1.29, 1.82) is 0 Å². The third-order valence-corrected chi connectivity index (χ3v) is 2.17. The standard InChI is InChI=1S/C13H29NO/c1-12(2,3)9-8-11(10-14-7)15-13(4,5)6/h11,14H,8-10H2,1-7H3. The van der Waals surface area contributed by atoms with Gasteiger partial charge in [0.15, 0.2) is 0 Å². The van der Waals surface area contributed by atoms with Crippen molar-refractivity contribution in [2.45, 2.75) is 66.1 Å². The molecule has 0 radical (unpaired) electrons. The molecule has 0 aromatic rings. The Hall–Kier alpha value is -0.0800. The van der Waals surface area contributed by atoms with Gasteiger partial charge in [-0.3, -0.25) is 0 Å². The van der Waals surface area contributed by atoms with Crippen LogP contribution in [0, 0.1) is 5.41 Å². The fourth-order valence-electron chi connectivity index (χ4n) is 1.52. The summed E-state index contributed by atoms with van der Waals surface area (Å²) >= 11 is 0. The minimum Gasteiger partial charge on any atom is -0.371 e. The molecular formula is C13H29NO. The Labute approximate surface area is 95.8 Å². The lowest BCUT2D eigenvalue weighted by Gasteiger charge is -2.29. The van der Waals surface area contributed by atoms with Gasteiger partial charge in [-0.2, -0.15) is 0 Å². The topological polar surface area (TPSA) is 21.3 Å². The number of rotatable bonds is 5. The highest BCUT2D eigenvalue weighted by molar-refractivity contribution is 4.71. The van der Waals surface area contributed by atoms with Crippen LogP contribution in [0.2, 0.25) is 0 Å². The van der Waals surface area contributed by atoms with E-state index in [1.54, 1.807) is 0 Å². The van der Waals surface area contributed by atoms with Crippen LogP contribution in [0.1, 0.15) is 54.4 Å². The first-order valence-electron chi connectivity index (χ1n) is 5.96. The van der Waals surface area contributed by atoms with E-state index < -0.39 is 0 Å². The summed E-state index contributed by atoms with van der Waals surface area (Å²) in [5.74, 6) is 0. The van der Waals surface area contributed by atoms with Crippen LogP contribution in [0.3, 0.4) is 0 Å². The molecule has 0 spiro atoms. The quantitative estimate of drug-likeness (QED) is 0.760. The van der Waals surface area contributed by atoms with Crippen molar-refractivity contribution in [3.63, 3.8) is 0 Å². The molecule has 0 aromatic heterocycles. The molecule has 1 N–H and O–H groups in total. The number of ether oxygens (including phenoxy) is 1. The van der Waals surface area contributed by atoms with E-state index in [2.05, 4.69) is 46.9 Å². The summed E-state index contributed by atoms with van der Waals surface area (Å²) in [7, 11) is 1.98. The average Bonchev–Trinajstić information content (AvgIpc) is 1.96. The number of likely N-dealkylation sites (N-methyl/N-ethyl adjacent to an activating group) is 1. The van der Waals surface area contributed by atoms with E-state index in [1.807, 2.05) is 7.05 Å². The summed E-state index contributed by atoms with van der Waals surface area (Å²) in [5.41, 5.74) is 0.354. The second kappa shape index (κ2) is 5.86. The Kier molecular flexibility index (Phi) is 5.82. The van der Waals surface area contributed by atoms with Gasteiger partial charge < -0.3 is 10.1 Å². The maximum atomic E-state index is 6.01. The van der Waals surface area contributed by atoms with Crippen LogP contribution < -0.4 is 5.32 Å². The zero-order chi connectivity index (χ0) is 12.1. The SMILES string of the molecule is CNCC(CCC(C)(C)C)OC(C)(C)C. The van der Waals surface area contributed by atoms with Gasteiger partial charge >= 0.3 is 0 Å². The van der Waals surface area contributed by atoms with E-state index in [-0.39, 0.29) is 5.60 Å². The third-order valence-electron chi connectivity index (χ3n) is 2.17. The van der Waals surface area contributed by atoms with Gasteiger partial charge in [0.2, 0.25) is 0 Å². The number of nitrogens with one attached hydrogen (secondary N) is 1. The van der Waals surface area contributed by atoms with Gasteiger partial charge in [0.25, 0.3) is 0 Å². The minimum atomic E-state index is -0.0423. The molecule has 0 amide bonds. The zero-order valence-electron chi connectivity index (χ0n) is 11.6. The molecule has 15 heavy (non-hydrogen) atoms. The highest BCUT2D eigenvalue weighted by atomic mass is 16.5. The molecule has 0 aromatic carbocycles. The Bertz CT molecular complexity index is 164. The van der Waals surface area contributed by atoms with Crippen LogP contribution in [0.5, 0.6) is 0 Å². The number of hydrogen-bond donors (Lipinski definition) is 1. The maximum Gasteiger partial charge on any atom is 0.0706 e. The molecule has 0 bridgehead atoms. The molecule has 0 saturated heterocycles. The van der Waals surface area contributed by atoms with Crippen molar-refractivity contribution in [3.05, 3.63) is 0 Å². The first-order chi connectivity index (χ1) is 6.64. The monoisotopic (exact) mass is 215 g/mol. The van der Waals surface area contributed by atoms with E-state index in [9.17, 15) is 0 Å². The van der Waals surface area contributed by atoms with Crippen molar-refractivity contribution in [2.75, 3.05) is 13.6 Å². The Morgan fingerprint density at radius 2 is 1.60 bits per heavy atom. The normalized spacial score (nSPS) is 15.4. The molecule has 0 rings (SSSR count). The zero-order valence-corrected chi connectivity index (χ0v) is 11.6. The van der Waals surface area contributed by atoms with Crippen molar-refractivity contribution in [2.24, 2.45) is 5.41 Å². The van der Waals surface area contributed by atoms with E-state index in [1.165, 1.54) is 6.42 Å². The van der Waals surface area contributed by atoms with Crippen LogP contribution in [-0.4, -0.2) is 25.3 Å². The van der Waals surface area contributed by atoms with Gasteiger partial charge in [-0.25, -0.2) is 0 Å². The van der Waals surface area contributed by atoms with Gasteiger partial charge in [0, 0.05) is 6.54 Å². The summed E-state index contributed by atoms with van der Waals surface area (Å²) < 4.78 is 6.01. The van der Waals surface area contributed by atoms with Gasteiger partial charge in [-0.15, -0.1) is 0 Å². The highest BCUT2D eigenvalue weighted by Gasteiger charge is 2.20. The summed E-state index contributed by atoms with van der Waals surface area (Å²) in [6, 6.07) is 0. The first kappa shape index (κ1) is 14.9. The average molecular weight is 215 g/mol. The summed E-state index contributed by atoms with van der Waals surface area (Å²) in [4.78, 5) is 0. The summed E-state index contributed by atoms with van der Waals surface area (Å²) in [5, 5.41) is 3.20. The van der Waals surface area contributed by atoms with Crippen LogP contribution in [0.15, 0.2) is 0 Å². The van der Waals surface area contributed by atoms with Gasteiger partial charge in [0.05, 0.1) is 11.7 Å². The molecule has 0 saturated carbocycles. The number of hydrogen-bond acceptors (Lipinski definition) is 2. The Morgan fingerprint density at radius 3 is 1.93 bits per heavy atom. The fraction of sp³-hybridized carbons (Fsp3) is 1.00. The predicted octanol–water partition coefficient (Wildman–Crippen LogP) is 3.22. The molecule has 1 unspecified atom stereocenters. The molecule has 92 valence electrons. The lowest BCUT2D eigenvalue weighted by atomic mass is 9.89. The van der Waals surface area contributed by atoms with Crippen LogP contribution in [0.25, 0.3) is 0 Å². The molecule has 0 fully saturated rings. The van der Waals surface area contributed by atoms with E-state index in [0.717, 1.165) is 13.0 Å². The molecule has 0 heterocycles. The smallest absolute Gasteiger partial charge is 0.0706 e. The van der Waals surface area contributed by atoms with Crippen LogP contribution in [0.4, 0.5) is 0 Å². The van der Waals surface area contributed by atoms with Crippen molar-refractivity contribution >= 4 is 0 Å². The van der Waals surface area contributed by atoms with Gasteiger partial charge in [0.1, 0.15) is 0 Å². The van der Waals surface area contributed by atoms with E-state index in [4.69, 9.17) is 4.74 Å². The van der Waals surface area contributed by atoms with Crippen LogP contribution in [-0.2, 0) is 4.74 Å². The Balaban J connectivity index is 4.05.